The minimum absolute atomic E-state index is 0.493. The summed E-state index contributed by atoms with van der Waals surface area (Å²) in [7, 11) is 1.81. The summed E-state index contributed by atoms with van der Waals surface area (Å²) in [5, 5.41) is 7.66. The van der Waals surface area contributed by atoms with Crippen LogP contribution in [0, 0.1) is 6.92 Å². The Morgan fingerprint density at radius 2 is 2.12 bits per heavy atom. The first-order valence-electron chi connectivity index (χ1n) is 9.19. The van der Waals surface area contributed by atoms with Crippen molar-refractivity contribution in [1.29, 1.82) is 0 Å². The van der Waals surface area contributed by atoms with Crippen LogP contribution in [0.1, 0.15) is 36.9 Å². The average Bonchev–Trinajstić information content (AvgIpc) is 3.15. The summed E-state index contributed by atoms with van der Waals surface area (Å²) in [6.45, 7) is 2.66. The molecule has 140 valence electrons. The van der Waals surface area contributed by atoms with Crippen molar-refractivity contribution in [2.75, 3.05) is 13.3 Å². The van der Waals surface area contributed by atoms with Crippen molar-refractivity contribution >= 4 is 17.7 Å². The lowest BCUT2D eigenvalue weighted by Gasteiger charge is -2.29. The van der Waals surface area contributed by atoms with Gasteiger partial charge in [0.05, 0.1) is 12.2 Å². The molecule has 1 aliphatic carbocycles. The molecule has 2 aromatic rings. The van der Waals surface area contributed by atoms with Gasteiger partial charge in [-0.3, -0.25) is 4.99 Å². The standard InChI is InChI=1S/C20H28N4OS/c1-14-7-9-15(10-8-14)19-23-17(13-25-19)12-22-20(21-2)24-16-5-4-6-18(11-16)26-3/h7-10,13,16,18H,4-6,11-12H2,1-3H3,(H2,21,22,24). The number of nitrogens with one attached hydrogen (secondary N) is 2. The lowest BCUT2D eigenvalue weighted by molar-refractivity contribution is 0.419. The molecule has 26 heavy (non-hydrogen) atoms. The van der Waals surface area contributed by atoms with Crippen LogP contribution in [0.25, 0.3) is 11.5 Å². The minimum atomic E-state index is 0.493. The highest BCUT2D eigenvalue weighted by molar-refractivity contribution is 7.99. The largest absolute Gasteiger partial charge is 0.444 e. The molecule has 3 rings (SSSR count). The van der Waals surface area contributed by atoms with Crippen LogP contribution in [0.3, 0.4) is 0 Å². The van der Waals surface area contributed by atoms with Gasteiger partial charge in [-0.2, -0.15) is 11.8 Å². The fourth-order valence-corrected chi connectivity index (χ4v) is 4.10. The van der Waals surface area contributed by atoms with Gasteiger partial charge in [-0.25, -0.2) is 4.98 Å². The second-order valence-corrected chi connectivity index (χ2v) is 7.94. The molecule has 0 saturated heterocycles. The molecule has 1 heterocycles. The van der Waals surface area contributed by atoms with E-state index in [1.54, 1.807) is 6.26 Å². The Morgan fingerprint density at radius 3 is 2.85 bits per heavy atom. The number of benzene rings is 1. The molecule has 1 saturated carbocycles. The summed E-state index contributed by atoms with van der Waals surface area (Å²) >= 11 is 1.97. The van der Waals surface area contributed by atoms with E-state index in [0.717, 1.165) is 22.5 Å². The molecule has 2 unspecified atom stereocenters. The van der Waals surface area contributed by atoms with Gasteiger partial charge in [0.25, 0.3) is 0 Å². The van der Waals surface area contributed by atoms with Crippen LogP contribution in [0.15, 0.2) is 39.9 Å². The van der Waals surface area contributed by atoms with E-state index in [9.17, 15) is 0 Å². The van der Waals surface area contributed by atoms with Crippen molar-refractivity contribution in [1.82, 2.24) is 15.6 Å². The normalized spacial score (nSPS) is 20.8. The molecule has 1 aromatic heterocycles. The van der Waals surface area contributed by atoms with E-state index >= 15 is 0 Å². The predicted octanol–water partition coefficient (Wildman–Crippen LogP) is 3.99. The fraction of sp³-hybridized carbons (Fsp3) is 0.500. The van der Waals surface area contributed by atoms with Crippen molar-refractivity contribution in [3.8, 4) is 11.5 Å². The Labute approximate surface area is 160 Å². The highest BCUT2D eigenvalue weighted by Crippen LogP contribution is 2.26. The van der Waals surface area contributed by atoms with E-state index in [4.69, 9.17) is 4.42 Å². The van der Waals surface area contributed by atoms with Gasteiger partial charge in [-0.05, 0) is 44.6 Å². The molecule has 6 heteroatoms. The molecule has 2 atom stereocenters. The maximum absolute atomic E-state index is 5.62. The first kappa shape index (κ1) is 18.8. The maximum Gasteiger partial charge on any atom is 0.226 e. The Hall–Kier alpha value is -1.95. The number of aliphatic imine (C=N–C) groups is 1. The van der Waals surface area contributed by atoms with Crippen molar-refractivity contribution in [3.63, 3.8) is 0 Å². The quantitative estimate of drug-likeness (QED) is 0.614. The molecule has 1 fully saturated rings. The van der Waals surface area contributed by atoms with Crippen molar-refractivity contribution in [2.45, 2.75) is 50.4 Å². The number of guanidine groups is 1. The Bertz CT molecular complexity index is 726. The lowest BCUT2D eigenvalue weighted by atomic mass is 9.95. The average molecular weight is 373 g/mol. The lowest BCUT2D eigenvalue weighted by Crippen LogP contribution is -2.45. The molecule has 2 N–H and O–H groups in total. The first-order valence-corrected chi connectivity index (χ1v) is 10.5. The number of rotatable bonds is 5. The zero-order chi connectivity index (χ0) is 18.4. The number of oxazole rings is 1. The summed E-state index contributed by atoms with van der Waals surface area (Å²) in [5.74, 6) is 1.48. The zero-order valence-corrected chi connectivity index (χ0v) is 16.6. The highest BCUT2D eigenvalue weighted by atomic mass is 32.2. The van der Waals surface area contributed by atoms with Crippen molar-refractivity contribution < 1.29 is 4.42 Å². The summed E-state index contributed by atoms with van der Waals surface area (Å²) in [6.07, 6.45) is 8.92. The molecule has 0 aliphatic heterocycles. The van der Waals surface area contributed by atoms with Crippen LogP contribution in [0.4, 0.5) is 0 Å². The van der Waals surface area contributed by atoms with Gasteiger partial charge in [0.15, 0.2) is 5.96 Å². The fourth-order valence-electron chi connectivity index (χ4n) is 3.27. The van der Waals surface area contributed by atoms with Gasteiger partial charge in [0, 0.05) is 23.9 Å². The third kappa shape index (κ3) is 5.04. The van der Waals surface area contributed by atoms with Crippen molar-refractivity contribution in [3.05, 3.63) is 41.8 Å². The second-order valence-electron chi connectivity index (χ2n) is 6.80. The number of aryl methyl sites for hydroxylation is 1. The SMILES string of the molecule is CN=C(NCc1coc(-c2ccc(C)cc2)n1)NC1CCCC(SC)C1. The van der Waals surface area contributed by atoms with Gasteiger partial charge in [-0.1, -0.05) is 24.1 Å². The molecule has 0 amide bonds. The van der Waals surface area contributed by atoms with Gasteiger partial charge in [0.1, 0.15) is 6.26 Å². The number of hydrogen-bond donors (Lipinski definition) is 2. The molecular weight excluding hydrogens is 344 g/mol. The summed E-state index contributed by atoms with van der Waals surface area (Å²) in [5.41, 5.74) is 3.09. The topological polar surface area (TPSA) is 62.5 Å². The number of aromatic nitrogens is 1. The zero-order valence-electron chi connectivity index (χ0n) is 15.8. The van der Waals surface area contributed by atoms with Crippen molar-refractivity contribution in [2.24, 2.45) is 4.99 Å². The Balaban J connectivity index is 1.53. The van der Waals surface area contributed by atoms with Crippen LogP contribution in [0.2, 0.25) is 0 Å². The summed E-state index contributed by atoms with van der Waals surface area (Å²) in [4.78, 5) is 8.93. The number of hydrogen-bond acceptors (Lipinski definition) is 4. The van der Waals surface area contributed by atoms with E-state index in [-0.39, 0.29) is 0 Å². The Kier molecular flexibility index (Phi) is 6.61. The maximum atomic E-state index is 5.62. The third-order valence-corrected chi connectivity index (χ3v) is 5.91. The summed E-state index contributed by atoms with van der Waals surface area (Å²) < 4.78 is 5.62. The molecule has 1 aromatic carbocycles. The molecular formula is C20H28N4OS. The monoisotopic (exact) mass is 372 g/mol. The van der Waals surface area contributed by atoms with Crippen LogP contribution in [-0.4, -0.2) is 35.5 Å². The van der Waals surface area contributed by atoms with Crippen LogP contribution in [0.5, 0.6) is 0 Å². The van der Waals surface area contributed by atoms with E-state index in [0.29, 0.717) is 18.5 Å². The smallest absolute Gasteiger partial charge is 0.226 e. The van der Waals surface area contributed by atoms with E-state index < -0.39 is 0 Å². The molecule has 5 nitrogen and oxygen atoms in total. The third-order valence-electron chi connectivity index (χ3n) is 4.81. The van der Waals surface area contributed by atoms with Gasteiger partial charge >= 0.3 is 0 Å². The number of nitrogens with zero attached hydrogens (tertiary/aromatic N) is 2. The molecule has 1 aliphatic rings. The van der Waals surface area contributed by atoms with E-state index in [1.165, 1.54) is 31.2 Å². The van der Waals surface area contributed by atoms with E-state index in [1.807, 2.05) is 30.9 Å². The molecule has 0 bridgehead atoms. The van der Waals surface area contributed by atoms with Gasteiger partial charge < -0.3 is 15.1 Å². The first-order chi connectivity index (χ1) is 12.7. The predicted molar refractivity (Wildman–Crippen MR) is 110 cm³/mol. The van der Waals surface area contributed by atoms with Gasteiger partial charge in [0.2, 0.25) is 5.89 Å². The van der Waals surface area contributed by atoms with Gasteiger partial charge in [-0.15, -0.1) is 0 Å². The number of thioether (sulfide) groups is 1. The second kappa shape index (κ2) is 9.12. The van der Waals surface area contributed by atoms with Crippen LogP contribution in [-0.2, 0) is 6.54 Å². The Morgan fingerprint density at radius 1 is 1.31 bits per heavy atom. The van der Waals surface area contributed by atoms with E-state index in [2.05, 4.69) is 45.9 Å². The molecule has 0 spiro atoms. The van der Waals surface area contributed by atoms with Crippen LogP contribution < -0.4 is 10.6 Å². The highest BCUT2D eigenvalue weighted by Gasteiger charge is 2.21. The minimum Gasteiger partial charge on any atom is -0.444 e. The summed E-state index contributed by atoms with van der Waals surface area (Å²) in [6, 6.07) is 8.69. The molecule has 0 radical (unpaired) electrons. The van der Waals surface area contributed by atoms with Crippen LogP contribution >= 0.6 is 11.8 Å².